The van der Waals surface area contributed by atoms with E-state index >= 15 is 0 Å². The van der Waals surface area contributed by atoms with E-state index in [0.717, 1.165) is 12.8 Å². The molecule has 2 heterocycles. The van der Waals surface area contributed by atoms with Crippen LogP contribution in [0.15, 0.2) is 47.8 Å². The monoisotopic (exact) mass is 512 g/mol. The van der Waals surface area contributed by atoms with E-state index < -0.39 is 35.7 Å². The van der Waals surface area contributed by atoms with Crippen LogP contribution in [0.25, 0.3) is 0 Å². The Morgan fingerprint density at radius 1 is 1.03 bits per heavy atom. The van der Waals surface area contributed by atoms with Crippen LogP contribution in [0.5, 0.6) is 0 Å². The lowest BCUT2D eigenvalue weighted by molar-refractivity contribution is -0.122. The minimum Gasteiger partial charge on any atom is -0.509 e. The molecular formula is C29H40N2O6. The molecule has 0 unspecified atom stereocenters. The van der Waals surface area contributed by atoms with Gasteiger partial charge in [-0.25, -0.2) is 0 Å². The molecule has 0 aromatic carbocycles. The number of hydrogen-bond donors (Lipinski definition) is 5. The smallest absolute Gasteiger partial charge is 0.259 e. The van der Waals surface area contributed by atoms with E-state index in [9.17, 15) is 29.7 Å². The van der Waals surface area contributed by atoms with Crippen molar-refractivity contribution in [3.63, 3.8) is 0 Å². The van der Waals surface area contributed by atoms with Crippen LogP contribution >= 0.6 is 0 Å². The lowest BCUT2D eigenvalue weighted by Gasteiger charge is -2.31. The van der Waals surface area contributed by atoms with E-state index in [1.165, 1.54) is 12.5 Å². The summed E-state index contributed by atoms with van der Waals surface area (Å²) in [5.41, 5.74) is -0.343. The highest BCUT2D eigenvalue weighted by atomic mass is 16.3. The molecular weight excluding hydrogens is 472 g/mol. The molecule has 4 aliphatic rings. The fourth-order valence-corrected chi connectivity index (χ4v) is 7.21. The van der Waals surface area contributed by atoms with E-state index in [-0.39, 0.29) is 42.7 Å². The number of carbonyl (C=O) groups excluding carboxylic acids is 3. The van der Waals surface area contributed by atoms with Gasteiger partial charge in [-0.15, -0.1) is 0 Å². The summed E-state index contributed by atoms with van der Waals surface area (Å²) in [5.74, 6) is 0.459. The van der Waals surface area contributed by atoms with Crippen molar-refractivity contribution in [1.29, 1.82) is 0 Å². The molecule has 8 heteroatoms. The van der Waals surface area contributed by atoms with Crippen molar-refractivity contribution in [2.24, 2.45) is 35.5 Å². The zero-order valence-electron chi connectivity index (χ0n) is 21.7. The van der Waals surface area contributed by atoms with Crippen molar-refractivity contribution in [3.05, 3.63) is 47.8 Å². The minimum atomic E-state index is -1.16. The van der Waals surface area contributed by atoms with Gasteiger partial charge in [0, 0.05) is 19.0 Å². The topological polar surface area (TPSA) is 136 Å². The van der Waals surface area contributed by atoms with E-state index in [1.54, 1.807) is 18.2 Å². The van der Waals surface area contributed by atoms with Crippen molar-refractivity contribution in [2.45, 2.75) is 70.6 Å². The van der Waals surface area contributed by atoms with Gasteiger partial charge in [0.2, 0.25) is 5.91 Å². The van der Waals surface area contributed by atoms with Crippen molar-refractivity contribution in [3.8, 4) is 0 Å². The van der Waals surface area contributed by atoms with E-state index in [0.29, 0.717) is 30.1 Å². The Balaban J connectivity index is 1.56. The highest BCUT2D eigenvalue weighted by Gasteiger charge is 2.52. The third kappa shape index (κ3) is 5.75. The van der Waals surface area contributed by atoms with Gasteiger partial charge in [0.05, 0.1) is 12.2 Å². The highest BCUT2D eigenvalue weighted by molar-refractivity contribution is 6.21. The lowest BCUT2D eigenvalue weighted by atomic mass is 9.76. The molecule has 0 radical (unpaired) electrons. The number of nitrogens with one attached hydrogen (secondary N) is 2. The van der Waals surface area contributed by atoms with Gasteiger partial charge in [-0.1, -0.05) is 50.6 Å². The summed E-state index contributed by atoms with van der Waals surface area (Å²) in [6.07, 6.45) is 12.6. The van der Waals surface area contributed by atoms with Crippen LogP contribution in [0, 0.1) is 35.5 Å². The van der Waals surface area contributed by atoms with Crippen molar-refractivity contribution >= 4 is 17.6 Å². The van der Waals surface area contributed by atoms with Crippen LogP contribution in [0.1, 0.15) is 52.4 Å². The van der Waals surface area contributed by atoms with Gasteiger partial charge in [0.1, 0.15) is 17.4 Å². The molecule has 4 rings (SSSR count). The van der Waals surface area contributed by atoms with Gasteiger partial charge in [0.15, 0.2) is 5.78 Å². The summed E-state index contributed by atoms with van der Waals surface area (Å²) in [6.45, 7) is 4.68. The zero-order valence-corrected chi connectivity index (χ0v) is 21.7. The summed E-state index contributed by atoms with van der Waals surface area (Å²) < 4.78 is 0. The molecule has 2 fully saturated rings. The molecule has 0 aromatic rings. The van der Waals surface area contributed by atoms with Crippen LogP contribution in [0.2, 0.25) is 0 Å². The first-order valence-electron chi connectivity index (χ1n) is 13.6. The van der Waals surface area contributed by atoms with E-state index in [2.05, 4.69) is 30.6 Å². The quantitative estimate of drug-likeness (QED) is 0.271. The molecule has 2 bridgehead atoms. The Bertz CT molecular complexity index is 1010. The molecule has 9 atom stereocenters. The van der Waals surface area contributed by atoms with Gasteiger partial charge in [-0.2, -0.15) is 0 Å². The molecule has 0 spiro atoms. The summed E-state index contributed by atoms with van der Waals surface area (Å²) in [4.78, 5) is 37.2. The predicted octanol–water partition coefficient (Wildman–Crippen LogP) is 2.49. The molecule has 8 nitrogen and oxygen atoms in total. The van der Waals surface area contributed by atoms with Crippen LogP contribution in [-0.2, 0) is 14.4 Å². The first-order valence-corrected chi connectivity index (χ1v) is 13.6. The van der Waals surface area contributed by atoms with Gasteiger partial charge < -0.3 is 26.0 Å². The Hall–Kier alpha value is -2.71. The molecule has 2 saturated carbocycles. The number of Topliss-reactive ketones (excluding diaryl/α,β-unsaturated/α-hetero) is 1. The molecule has 0 saturated heterocycles. The Labute approximate surface area is 218 Å². The maximum Gasteiger partial charge on any atom is 0.259 e. The highest BCUT2D eigenvalue weighted by Crippen LogP contribution is 2.57. The standard InChI is InChI=1S/C29H40N2O6/c1-3-17-14-19-15-18-8-4-7-11-23(35)30-13-12-22(34)27-28(36)26(29(37)31-27)21(33)10-6-5-9-20(32)25(18)24(19)16(17)2/h4-8,11,16-20,22,24-25,27,32,34,36H,3,9-10,12-15H2,1-2H3,(H,30,35)(H,31,37)/b6-5-,8-4-,11-7-/t16-,17+,18+,19+,20-,22-,24+,25-,27-/m0/s1. The predicted molar refractivity (Wildman–Crippen MR) is 139 cm³/mol. The van der Waals surface area contributed by atoms with Crippen molar-refractivity contribution in [2.75, 3.05) is 6.54 Å². The van der Waals surface area contributed by atoms with Gasteiger partial charge in [-0.3, -0.25) is 14.4 Å². The number of ketones is 1. The second-order valence-electron chi connectivity index (χ2n) is 11.1. The fourth-order valence-electron chi connectivity index (χ4n) is 7.21. The van der Waals surface area contributed by atoms with Crippen LogP contribution in [0.3, 0.4) is 0 Å². The van der Waals surface area contributed by atoms with Crippen LogP contribution in [-0.4, -0.2) is 57.7 Å². The maximum absolute atomic E-state index is 12.7. The number of hydrogen-bond acceptors (Lipinski definition) is 6. The largest absolute Gasteiger partial charge is 0.509 e. The molecule has 2 aliphatic carbocycles. The number of carbonyl (C=O) groups is 3. The number of allylic oxidation sites excluding steroid dienone is 4. The molecule has 2 aliphatic heterocycles. The minimum absolute atomic E-state index is 0.0858. The summed E-state index contributed by atoms with van der Waals surface area (Å²) in [7, 11) is 0. The normalized spacial score (nSPS) is 41.9. The molecule has 37 heavy (non-hydrogen) atoms. The zero-order chi connectivity index (χ0) is 26.7. The SMILES string of the molecule is CC[C@@H]1C[C@@H]2C[C@H]3/C=C\C=C/C(=O)NCC[C@H](O)[C@@H]4NC(=O)C(=C4O)C(=O)C/C=C\C[C@H](O)[C@H]3[C@@H]2[C@H]1C. The van der Waals surface area contributed by atoms with Gasteiger partial charge >= 0.3 is 0 Å². The Kier molecular flexibility index (Phi) is 8.70. The van der Waals surface area contributed by atoms with Crippen molar-refractivity contribution < 1.29 is 29.7 Å². The number of fused-ring (bicyclic) bond motifs is 4. The first kappa shape index (κ1) is 27.3. The fraction of sp³-hybridized carbons (Fsp3) is 0.621. The van der Waals surface area contributed by atoms with Gasteiger partial charge in [-0.05, 0) is 61.2 Å². The third-order valence-corrected chi connectivity index (χ3v) is 9.01. The third-order valence-electron chi connectivity index (χ3n) is 9.01. The maximum atomic E-state index is 12.7. The van der Waals surface area contributed by atoms with Crippen LogP contribution < -0.4 is 10.6 Å². The van der Waals surface area contributed by atoms with E-state index in [4.69, 9.17) is 0 Å². The summed E-state index contributed by atoms with van der Waals surface area (Å²) in [5, 5.41) is 37.3. The summed E-state index contributed by atoms with van der Waals surface area (Å²) >= 11 is 0. The Morgan fingerprint density at radius 3 is 2.57 bits per heavy atom. The van der Waals surface area contributed by atoms with Crippen LogP contribution in [0.4, 0.5) is 0 Å². The molecule has 2 amide bonds. The molecule has 0 aromatic heterocycles. The number of aliphatic hydroxyl groups is 3. The average molecular weight is 513 g/mol. The number of amides is 2. The number of aliphatic hydroxyl groups excluding tert-OH is 3. The molecule has 202 valence electrons. The Morgan fingerprint density at radius 2 is 1.81 bits per heavy atom. The first-order chi connectivity index (χ1) is 17.7. The molecule has 5 N–H and O–H groups in total. The summed E-state index contributed by atoms with van der Waals surface area (Å²) in [6, 6.07) is -1.09. The number of rotatable bonds is 1. The van der Waals surface area contributed by atoms with Gasteiger partial charge in [0.25, 0.3) is 5.91 Å². The van der Waals surface area contributed by atoms with Crippen molar-refractivity contribution in [1.82, 2.24) is 10.6 Å². The lowest BCUT2D eigenvalue weighted by Crippen LogP contribution is -2.41. The average Bonchev–Trinajstić information content (AvgIpc) is 3.48. The second-order valence-corrected chi connectivity index (χ2v) is 11.1. The second kappa shape index (κ2) is 11.8. The van der Waals surface area contributed by atoms with E-state index in [1.807, 2.05) is 6.08 Å².